The number of ether oxygens (including phenoxy) is 4. The molecule has 1 fully saturated rings. The van der Waals surface area contributed by atoms with E-state index in [9.17, 15) is 20.4 Å². The minimum Gasteiger partial charge on any atom is -0.493 e. The Morgan fingerprint density at radius 1 is 1.08 bits per heavy atom. The minimum absolute atomic E-state index is 0.288. The van der Waals surface area contributed by atoms with Gasteiger partial charge in [0.2, 0.25) is 6.29 Å². The molecule has 0 saturated carbocycles. The van der Waals surface area contributed by atoms with Crippen LogP contribution in [0.5, 0.6) is 11.5 Å². The molecule has 1 heterocycles. The highest BCUT2D eigenvalue weighted by molar-refractivity contribution is 5.56. The van der Waals surface area contributed by atoms with Crippen LogP contribution in [0.1, 0.15) is 5.56 Å². The Bertz CT molecular complexity index is 574. The monoisotopic (exact) mass is 356 g/mol. The molecule has 1 saturated heterocycles. The van der Waals surface area contributed by atoms with E-state index in [0.29, 0.717) is 12.4 Å². The zero-order valence-electron chi connectivity index (χ0n) is 14.1. The van der Waals surface area contributed by atoms with Gasteiger partial charge >= 0.3 is 0 Å². The molecule has 1 aliphatic heterocycles. The zero-order chi connectivity index (χ0) is 18.4. The first-order valence-corrected chi connectivity index (χ1v) is 7.82. The summed E-state index contributed by atoms with van der Waals surface area (Å²) in [5, 5.41) is 38.9. The molecule has 0 unspecified atom stereocenters. The van der Waals surface area contributed by atoms with Crippen molar-refractivity contribution in [3.05, 3.63) is 29.8 Å². The van der Waals surface area contributed by atoms with Gasteiger partial charge in [-0.15, -0.1) is 0 Å². The molecule has 0 aliphatic carbocycles. The maximum absolute atomic E-state index is 10.0. The lowest BCUT2D eigenvalue weighted by Gasteiger charge is -2.39. The summed E-state index contributed by atoms with van der Waals surface area (Å²) in [5.41, 5.74) is 0.857. The van der Waals surface area contributed by atoms with Gasteiger partial charge in [-0.05, 0) is 17.7 Å². The van der Waals surface area contributed by atoms with Crippen molar-refractivity contribution < 1.29 is 39.4 Å². The van der Waals surface area contributed by atoms with Gasteiger partial charge in [0.25, 0.3) is 0 Å². The predicted octanol–water partition coefficient (Wildman–Crippen LogP) is -0.467. The van der Waals surface area contributed by atoms with E-state index >= 15 is 0 Å². The number of rotatable bonds is 7. The van der Waals surface area contributed by atoms with Crippen LogP contribution in [0.4, 0.5) is 0 Å². The largest absolute Gasteiger partial charge is 0.493 e. The Hall–Kier alpha value is -1.68. The van der Waals surface area contributed by atoms with Crippen LogP contribution >= 0.6 is 0 Å². The molecule has 0 aromatic heterocycles. The number of aliphatic hydroxyl groups excluding tert-OH is 4. The summed E-state index contributed by atoms with van der Waals surface area (Å²) in [7, 11) is 3.07. The second-order valence-electron chi connectivity index (χ2n) is 5.58. The zero-order valence-corrected chi connectivity index (χ0v) is 14.1. The summed E-state index contributed by atoms with van der Waals surface area (Å²) in [6.07, 6.45) is -3.03. The quantitative estimate of drug-likeness (QED) is 0.518. The standard InChI is InChI=1S/C17H24O8/c1-22-7-3-4-10-5-6-11(12(8-10)23-2)24-17-16(21)15(20)14(19)13(9-18)25-17/h3-6,8,13-21H,7,9H2,1-2H3/b4-3+/t13-,14-,15-,16-,17-/m1/s1. The third-order valence-electron chi connectivity index (χ3n) is 3.85. The molecule has 0 amide bonds. The van der Waals surface area contributed by atoms with Crippen LogP contribution in [0.25, 0.3) is 6.08 Å². The molecule has 1 aromatic carbocycles. The molecular weight excluding hydrogens is 332 g/mol. The second kappa shape index (κ2) is 9.14. The molecule has 1 aliphatic rings. The van der Waals surface area contributed by atoms with Crippen LogP contribution < -0.4 is 9.47 Å². The van der Waals surface area contributed by atoms with E-state index in [-0.39, 0.29) is 5.75 Å². The second-order valence-corrected chi connectivity index (χ2v) is 5.58. The SMILES string of the molecule is COC/C=C/c1ccc(O[C@@H]2O[C@H](CO)[C@@H](O)[C@@H](O)[C@H]2O)c(OC)c1. The summed E-state index contributed by atoms with van der Waals surface area (Å²) in [4.78, 5) is 0. The first-order valence-electron chi connectivity index (χ1n) is 7.82. The number of methoxy groups -OCH3 is 2. The molecule has 5 atom stereocenters. The van der Waals surface area contributed by atoms with Crippen LogP contribution in [-0.4, -0.2) is 78.6 Å². The van der Waals surface area contributed by atoms with E-state index in [4.69, 9.17) is 18.9 Å². The van der Waals surface area contributed by atoms with Crippen molar-refractivity contribution in [1.82, 2.24) is 0 Å². The van der Waals surface area contributed by atoms with Gasteiger partial charge in [0, 0.05) is 7.11 Å². The molecule has 0 spiro atoms. The fourth-order valence-corrected chi connectivity index (χ4v) is 2.46. The Morgan fingerprint density at radius 2 is 1.84 bits per heavy atom. The smallest absolute Gasteiger partial charge is 0.229 e. The van der Waals surface area contributed by atoms with Crippen molar-refractivity contribution in [2.24, 2.45) is 0 Å². The van der Waals surface area contributed by atoms with Gasteiger partial charge in [0.05, 0.1) is 20.3 Å². The number of aliphatic hydroxyl groups is 4. The third-order valence-corrected chi connectivity index (χ3v) is 3.85. The van der Waals surface area contributed by atoms with Crippen molar-refractivity contribution in [2.75, 3.05) is 27.4 Å². The summed E-state index contributed by atoms with van der Waals surface area (Å²) < 4.78 is 21.1. The molecule has 4 N–H and O–H groups in total. The minimum atomic E-state index is -1.50. The van der Waals surface area contributed by atoms with E-state index in [1.807, 2.05) is 12.2 Å². The number of hydrogen-bond donors (Lipinski definition) is 4. The molecule has 25 heavy (non-hydrogen) atoms. The molecule has 8 nitrogen and oxygen atoms in total. The van der Waals surface area contributed by atoms with Gasteiger partial charge in [-0.2, -0.15) is 0 Å². The average molecular weight is 356 g/mol. The molecule has 0 bridgehead atoms. The average Bonchev–Trinajstić information content (AvgIpc) is 2.63. The van der Waals surface area contributed by atoms with Crippen LogP contribution in [0.2, 0.25) is 0 Å². The first-order chi connectivity index (χ1) is 12.0. The van der Waals surface area contributed by atoms with E-state index in [1.165, 1.54) is 7.11 Å². The fourth-order valence-electron chi connectivity index (χ4n) is 2.46. The highest BCUT2D eigenvalue weighted by atomic mass is 16.7. The molecule has 1 aromatic rings. The van der Waals surface area contributed by atoms with E-state index in [0.717, 1.165) is 5.56 Å². The summed E-state index contributed by atoms with van der Waals surface area (Å²) in [6.45, 7) is -0.0450. The van der Waals surface area contributed by atoms with Crippen molar-refractivity contribution in [1.29, 1.82) is 0 Å². The van der Waals surface area contributed by atoms with Crippen LogP contribution in [0.15, 0.2) is 24.3 Å². The predicted molar refractivity (Wildman–Crippen MR) is 88.3 cm³/mol. The van der Waals surface area contributed by atoms with Crippen LogP contribution in [0, 0.1) is 0 Å². The van der Waals surface area contributed by atoms with E-state index < -0.39 is 37.3 Å². The van der Waals surface area contributed by atoms with Crippen molar-refractivity contribution >= 4 is 6.08 Å². The third kappa shape index (κ3) is 4.69. The molecular formula is C17H24O8. The molecule has 0 radical (unpaired) electrons. The van der Waals surface area contributed by atoms with Crippen molar-refractivity contribution in [2.45, 2.75) is 30.7 Å². The van der Waals surface area contributed by atoms with E-state index in [1.54, 1.807) is 25.3 Å². The Kier molecular flexibility index (Phi) is 7.18. The van der Waals surface area contributed by atoms with Crippen LogP contribution in [-0.2, 0) is 9.47 Å². The van der Waals surface area contributed by atoms with Crippen molar-refractivity contribution in [3.63, 3.8) is 0 Å². The van der Waals surface area contributed by atoms with Gasteiger partial charge in [0.15, 0.2) is 11.5 Å². The van der Waals surface area contributed by atoms with Gasteiger partial charge in [-0.3, -0.25) is 0 Å². The topological polar surface area (TPSA) is 118 Å². The number of benzene rings is 1. The normalized spacial score (nSPS) is 29.8. The molecule has 8 heteroatoms. The molecule has 2 rings (SSSR count). The summed E-state index contributed by atoms with van der Waals surface area (Å²) >= 11 is 0. The summed E-state index contributed by atoms with van der Waals surface area (Å²) in [5.74, 6) is 0.687. The fraction of sp³-hybridized carbons (Fsp3) is 0.529. The lowest BCUT2D eigenvalue weighted by Crippen LogP contribution is -2.60. The maximum atomic E-state index is 10.0. The highest BCUT2D eigenvalue weighted by Crippen LogP contribution is 2.32. The number of hydrogen-bond acceptors (Lipinski definition) is 8. The van der Waals surface area contributed by atoms with Gasteiger partial charge < -0.3 is 39.4 Å². The first kappa shape index (κ1) is 19.6. The molecule has 140 valence electrons. The van der Waals surface area contributed by atoms with Gasteiger partial charge in [-0.1, -0.05) is 18.2 Å². The maximum Gasteiger partial charge on any atom is 0.229 e. The Labute approximate surface area is 145 Å². The van der Waals surface area contributed by atoms with Gasteiger partial charge in [-0.25, -0.2) is 0 Å². The highest BCUT2D eigenvalue weighted by Gasteiger charge is 2.44. The Morgan fingerprint density at radius 3 is 2.48 bits per heavy atom. The lowest BCUT2D eigenvalue weighted by molar-refractivity contribution is -0.277. The van der Waals surface area contributed by atoms with Crippen molar-refractivity contribution in [3.8, 4) is 11.5 Å². The Balaban J connectivity index is 2.15. The van der Waals surface area contributed by atoms with E-state index in [2.05, 4.69) is 0 Å². The lowest BCUT2D eigenvalue weighted by atomic mass is 9.99. The van der Waals surface area contributed by atoms with Gasteiger partial charge in [0.1, 0.15) is 24.4 Å². The van der Waals surface area contributed by atoms with Crippen LogP contribution in [0.3, 0.4) is 0 Å². The summed E-state index contributed by atoms with van der Waals surface area (Å²) in [6, 6.07) is 5.13.